The van der Waals surface area contributed by atoms with Gasteiger partial charge in [0.15, 0.2) is 0 Å². The molecule has 3 rings (SSSR count). The zero-order valence-electron chi connectivity index (χ0n) is 9.86. The lowest BCUT2D eigenvalue weighted by atomic mass is 10.2. The number of rotatable bonds is 1. The van der Waals surface area contributed by atoms with Crippen molar-refractivity contribution in [2.75, 3.05) is 31.1 Å². The number of para-hydroxylation sites is 1. The van der Waals surface area contributed by atoms with Crippen LogP contribution in [0.15, 0.2) is 23.0 Å². The fourth-order valence-corrected chi connectivity index (χ4v) is 2.41. The molecule has 2 heterocycles. The first-order valence-corrected chi connectivity index (χ1v) is 5.91. The molecule has 2 aromatic rings. The van der Waals surface area contributed by atoms with Gasteiger partial charge in [-0.1, -0.05) is 6.07 Å². The number of aromatic amines is 1. The molecular formula is C12H16N4O. The van der Waals surface area contributed by atoms with Crippen LogP contribution in [-0.4, -0.2) is 35.7 Å². The van der Waals surface area contributed by atoms with Gasteiger partial charge in [-0.25, -0.2) is 4.79 Å². The van der Waals surface area contributed by atoms with Crippen molar-refractivity contribution in [1.82, 2.24) is 14.9 Å². The van der Waals surface area contributed by atoms with Crippen LogP contribution >= 0.6 is 0 Å². The molecule has 0 radical (unpaired) electrons. The molecule has 0 amide bonds. The van der Waals surface area contributed by atoms with Crippen LogP contribution in [0, 0.1) is 0 Å². The van der Waals surface area contributed by atoms with Crippen molar-refractivity contribution in [3.8, 4) is 0 Å². The largest absolute Gasteiger partial charge is 0.367 e. The lowest BCUT2D eigenvalue weighted by Gasteiger charge is -2.29. The predicted molar refractivity (Wildman–Crippen MR) is 68.6 cm³/mol. The van der Waals surface area contributed by atoms with Crippen LogP contribution in [0.4, 0.5) is 5.69 Å². The van der Waals surface area contributed by atoms with E-state index in [2.05, 4.69) is 21.3 Å². The van der Waals surface area contributed by atoms with E-state index in [1.54, 1.807) is 11.6 Å². The number of benzene rings is 1. The summed E-state index contributed by atoms with van der Waals surface area (Å²) in [7, 11) is 1.79. The van der Waals surface area contributed by atoms with Crippen molar-refractivity contribution in [2.24, 2.45) is 7.05 Å². The lowest BCUT2D eigenvalue weighted by Crippen LogP contribution is -2.43. The van der Waals surface area contributed by atoms with Crippen LogP contribution in [-0.2, 0) is 7.05 Å². The Labute approximate surface area is 99.0 Å². The predicted octanol–water partition coefficient (Wildman–Crippen LogP) is 0.276. The monoisotopic (exact) mass is 232 g/mol. The van der Waals surface area contributed by atoms with E-state index in [9.17, 15) is 4.79 Å². The molecule has 17 heavy (non-hydrogen) atoms. The summed E-state index contributed by atoms with van der Waals surface area (Å²) in [6, 6.07) is 6.05. The van der Waals surface area contributed by atoms with Crippen LogP contribution < -0.4 is 15.9 Å². The zero-order valence-corrected chi connectivity index (χ0v) is 9.86. The van der Waals surface area contributed by atoms with Crippen molar-refractivity contribution in [1.29, 1.82) is 0 Å². The Kier molecular flexibility index (Phi) is 2.40. The third kappa shape index (κ3) is 1.63. The summed E-state index contributed by atoms with van der Waals surface area (Å²) >= 11 is 0. The van der Waals surface area contributed by atoms with Crippen LogP contribution in [0.3, 0.4) is 0 Å². The van der Waals surface area contributed by atoms with E-state index >= 15 is 0 Å². The molecule has 1 aromatic heterocycles. The Balaban J connectivity index is 2.15. The Bertz CT molecular complexity index is 592. The van der Waals surface area contributed by atoms with Gasteiger partial charge in [0.05, 0.1) is 16.7 Å². The minimum Gasteiger partial charge on any atom is -0.367 e. The first-order valence-electron chi connectivity index (χ1n) is 5.91. The molecule has 1 aliphatic heterocycles. The number of piperazine rings is 1. The van der Waals surface area contributed by atoms with Crippen LogP contribution in [0.2, 0.25) is 0 Å². The summed E-state index contributed by atoms with van der Waals surface area (Å²) in [4.78, 5) is 16.9. The summed E-state index contributed by atoms with van der Waals surface area (Å²) in [5.74, 6) is 0. The van der Waals surface area contributed by atoms with Gasteiger partial charge in [0.2, 0.25) is 0 Å². The molecule has 5 nitrogen and oxygen atoms in total. The van der Waals surface area contributed by atoms with E-state index in [0.717, 1.165) is 42.9 Å². The Morgan fingerprint density at radius 3 is 2.76 bits per heavy atom. The Morgan fingerprint density at radius 2 is 2.00 bits per heavy atom. The molecule has 90 valence electrons. The number of aromatic nitrogens is 2. The quantitative estimate of drug-likeness (QED) is 0.742. The summed E-state index contributed by atoms with van der Waals surface area (Å²) < 4.78 is 1.65. The van der Waals surface area contributed by atoms with Gasteiger partial charge in [0, 0.05) is 33.2 Å². The van der Waals surface area contributed by atoms with Gasteiger partial charge in [0.25, 0.3) is 0 Å². The minimum atomic E-state index is -0.0532. The number of fused-ring (bicyclic) bond motifs is 1. The highest BCUT2D eigenvalue weighted by Crippen LogP contribution is 2.24. The summed E-state index contributed by atoms with van der Waals surface area (Å²) in [6.45, 7) is 3.95. The maximum Gasteiger partial charge on any atom is 0.326 e. The van der Waals surface area contributed by atoms with Gasteiger partial charge in [-0.15, -0.1) is 0 Å². The highest BCUT2D eigenvalue weighted by Gasteiger charge is 2.15. The smallest absolute Gasteiger partial charge is 0.326 e. The molecule has 2 N–H and O–H groups in total. The minimum absolute atomic E-state index is 0.0532. The fraction of sp³-hybridized carbons (Fsp3) is 0.417. The number of imidazole rings is 1. The van der Waals surface area contributed by atoms with Crippen molar-refractivity contribution >= 4 is 16.7 Å². The van der Waals surface area contributed by atoms with Crippen molar-refractivity contribution in [3.05, 3.63) is 28.7 Å². The second-order valence-electron chi connectivity index (χ2n) is 4.40. The van der Waals surface area contributed by atoms with Crippen molar-refractivity contribution in [3.63, 3.8) is 0 Å². The maximum absolute atomic E-state index is 11.6. The molecule has 0 atom stereocenters. The molecule has 1 aromatic carbocycles. The molecule has 0 saturated carbocycles. The number of hydrogen-bond acceptors (Lipinski definition) is 3. The van der Waals surface area contributed by atoms with E-state index < -0.39 is 0 Å². The molecule has 0 aliphatic carbocycles. The molecule has 1 fully saturated rings. The molecule has 5 heteroatoms. The third-order valence-corrected chi connectivity index (χ3v) is 3.38. The second-order valence-corrected chi connectivity index (χ2v) is 4.40. The lowest BCUT2D eigenvalue weighted by molar-refractivity contribution is 0.590. The van der Waals surface area contributed by atoms with Crippen LogP contribution in [0.5, 0.6) is 0 Å². The summed E-state index contributed by atoms with van der Waals surface area (Å²) in [5.41, 5.74) is 2.98. The first-order chi connectivity index (χ1) is 8.27. The van der Waals surface area contributed by atoms with Crippen LogP contribution in [0.25, 0.3) is 11.0 Å². The van der Waals surface area contributed by atoms with Gasteiger partial charge in [-0.2, -0.15) is 0 Å². The number of nitrogens with zero attached hydrogens (tertiary/aromatic N) is 2. The molecule has 0 bridgehead atoms. The average molecular weight is 232 g/mol. The topological polar surface area (TPSA) is 53.1 Å². The molecular weight excluding hydrogens is 216 g/mol. The summed E-state index contributed by atoms with van der Waals surface area (Å²) in [5, 5.41) is 3.33. The number of H-pyrrole nitrogens is 1. The Morgan fingerprint density at radius 1 is 1.24 bits per heavy atom. The van der Waals surface area contributed by atoms with Gasteiger partial charge < -0.3 is 15.2 Å². The van der Waals surface area contributed by atoms with Crippen LogP contribution in [0.1, 0.15) is 0 Å². The number of aryl methyl sites for hydroxylation is 1. The second kappa shape index (κ2) is 3.92. The number of hydrogen-bond donors (Lipinski definition) is 2. The highest BCUT2D eigenvalue weighted by molar-refractivity contribution is 5.89. The molecule has 0 spiro atoms. The first kappa shape index (κ1) is 10.4. The standard InChI is InChI=1S/C12H16N4O/c1-15-9-3-2-4-10(11(9)14-12(15)17)16-7-5-13-6-8-16/h2-4,13H,5-8H2,1H3,(H,14,17). The normalized spacial score (nSPS) is 16.6. The maximum atomic E-state index is 11.6. The Hall–Kier alpha value is -1.75. The molecule has 1 saturated heterocycles. The highest BCUT2D eigenvalue weighted by atomic mass is 16.1. The fourth-order valence-electron chi connectivity index (χ4n) is 2.41. The zero-order chi connectivity index (χ0) is 11.8. The van der Waals surface area contributed by atoms with E-state index in [1.165, 1.54) is 0 Å². The average Bonchev–Trinajstić information content (AvgIpc) is 2.67. The van der Waals surface area contributed by atoms with Gasteiger partial charge >= 0.3 is 5.69 Å². The molecule has 0 unspecified atom stereocenters. The number of nitrogens with one attached hydrogen (secondary N) is 2. The molecule has 1 aliphatic rings. The van der Waals surface area contributed by atoms with E-state index in [4.69, 9.17) is 0 Å². The van der Waals surface area contributed by atoms with E-state index in [0.29, 0.717) is 0 Å². The van der Waals surface area contributed by atoms with Gasteiger partial charge in [0.1, 0.15) is 0 Å². The van der Waals surface area contributed by atoms with Crippen molar-refractivity contribution < 1.29 is 0 Å². The van der Waals surface area contributed by atoms with Gasteiger partial charge in [-0.05, 0) is 12.1 Å². The van der Waals surface area contributed by atoms with E-state index in [-0.39, 0.29) is 5.69 Å². The van der Waals surface area contributed by atoms with Gasteiger partial charge in [-0.3, -0.25) is 4.57 Å². The summed E-state index contributed by atoms with van der Waals surface area (Å²) in [6.07, 6.45) is 0. The van der Waals surface area contributed by atoms with E-state index in [1.807, 2.05) is 12.1 Å². The SMILES string of the molecule is Cn1c(=O)[nH]c2c(N3CCNCC3)cccc21. The third-order valence-electron chi connectivity index (χ3n) is 3.38. The number of anilines is 1. The van der Waals surface area contributed by atoms with Crippen molar-refractivity contribution in [2.45, 2.75) is 0 Å².